The molecule has 0 unspecified atom stereocenters. The summed E-state index contributed by atoms with van der Waals surface area (Å²) in [6.45, 7) is 6.34. The predicted octanol–water partition coefficient (Wildman–Crippen LogP) is 2.29. The maximum atomic E-state index is 4.44. The lowest BCUT2D eigenvalue weighted by Crippen LogP contribution is -2.23. The lowest BCUT2D eigenvalue weighted by molar-refractivity contribution is 0.292. The molecular formula is C15H28N4. The van der Waals surface area contributed by atoms with Crippen LogP contribution in [-0.4, -0.2) is 55.6 Å². The fourth-order valence-electron chi connectivity index (χ4n) is 1.96. The number of nitrogens with one attached hydrogen (secondary N) is 1. The minimum atomic E-state index is 0.912. The van der Waals surface area contributed by atoms with Crippen LogP contribution in [0.4, 0.5) is 5.69 Å². The highest BCUT2D eigenvalue weighted by Crippen LogP contribution is 2.09. The van der Waals surface area contributed by atoms with E-state index in [1.165, 1.54) is 12.1 Å². The maximum Gasteiger partial charge on any atom is 0.0564 e. The van der Waals surface area contributed by atoms with E-state index in [0.717, 1.165) is 38.3 Å². The van der Waals surface area contributed by atoms with E-state index in [4.69, 9.17) is 0 Å². The summed E-state index contributed by atoms with van der Waals surface area (Å²) in [5, 5.41) is 3.40. The van der Waals surface area contributed by atoms with E-state index in [1.807, 2.05) is 12.3 Å². The zero-order valence-corrected chi connectivity index (χ0v) is 12.8. The quantitative estimate of drug-likeness (QED) is 0.741. The fraction of sp³-hybridized carbons (Fsp3) is 0.667. The van der Waals surface area contributed by atoms with Crippen molar-refractivity contribution in [2.75, 3.05) is 46.1 Å². The SMILES string of the molecule is CCCNc1ccnc(CN(C)CCCN(C)C)c1. The zero-order valence-electron chi connectivity index (χ0n) is 12.8. The summed E-state index contributed by atoms with van der Waals surface area (Å²) in [5.41, 5.74) is 2.31. The Kier molecular flexibility index (Phi) is 7.45. The van der Waals surface area contributed by atoms with Crippen molar-refractivity contribution in [2.24, 2.45) is 0 Å². The second-order valence-corrected chi connectivity index (χ2v) is 5.36. The number of hydrogen-bond donors (Lipinski definition) is 1. The molecule has 0 aliphatic carbocycles. The van der Waals surface area contributed by atoms with Gasteiger partial charge in [-0.25, -0.2) is 0 Å². The molecule has 0 radical (unpaired) electrons. The maximum absolute atomic E-state index is 4.44. The van der Waals surface area contributed by atoms with Crippen molar-refractivity contribution in [1.29, 1.82) is 0 Å². The second kappa shape index (κ2) is 8.88. The van der Waals surface area contributed by atoms with E-state index >= 15 is 0 Å². The monoisotopic (exact) mass is 264 g/mol. The number of anilines is 1. The number of aromatic nitrogens is 1. The largest absolute Gasteiger partial charge is 0.385 e. The van der Waals surface area contributed by atoms with Crippen molar-refractivity contribution in [3.63, 3.8) is 0 Å². The summed E-state index contributed by atoms with van der Waals surface area (Å²) in [5.74, 6) is 0. The molecule has 0 saturated carbocycles. The second-order valence-electron chi connectivity index (χ2n) is 5.36. The smallest absolute Gasteiger partial charge is 0.0564 e. The molecule has 1 heterocycles. The van der Waals surface area contributed by atoms with Gasteiger partial charge in [-0.15, -0.1) is 0 Å². The molecule has 4 heteroatoms. The minimum absolute atomic E-state index is 0.912. The number of pyridine rings is 1. The van der Waals surface area contributed by atoms with Gasteiger partial charge in [0.15, 0.2) is 0 Å². The van der Waals surface area contributed by atoms with Crippen LogP contribution in [-0.2, 0) is 6.54 Å². The first-order valence-electron chi connectivity index (χ1n) is 7.14. The van der Waals surface area contributed by atoms with Gasteiger partial charge in [-0.05, 0) is 59.2 Å². The van der Waals surface area contributed by atoms with E-state index < -0.39 is 0 Å². The molecule has 108 valence electrons. The van der Waals surface area contributed by atoms with E-state index in [0.29, 0.717) is 0 Å². The van der Waals surface area contributed by atoms with E-state index in [9.17, 15) is 0 Å². The average molecular weight is 264 g/mol. The van der Waals surface area contributed by atoms with Gasteiger partial charge in [-0.1, -0.05) is 6.92 Å². The lowest BCUT2D eigenvalue weighted by Gasteiger charge is -2.18. The van der Waals surface area contributed by atoms with Crippen molar-refractivity contribution < 1.29 is 0 Å². The van der Waals surface area contributed by atoms with E-state index in [1.54, 1.807) is 0 Å². The Bertz CT molecular complexity index is 352. The molecule has 0 spiro atoms. The molecule has 4 nitrogen and oxygen atoms in total. The molecule has 1 rings (SSSR count). The van der Waals surface area contributed by atoms with Crippen LogP contribution < -0.4 is 5.32 Å². The van der Waals surface area contributed by atoms with Crippen LogP contribution >= 0.6 is 0 Å². The van der Waals surface area contributed by atoms with Gasteiger partial charge in [0, 0.05) is 25.0 Å². The minimum Gasteiger partial charge on any atom is -0.385 e. The predicted molar refractivity (Wildman–Crippen MR) is 82.5 cm³/mol. The van der Waals surface area contributed by atoms with Crippen LogP contribution in [0.5, 0.6) is 0 Å². The van der Waals surface area contributed by atoms with Gasteiger partial charge in [0.1, 0.15) is 0 Å². The topological polar surface area (TPSA) is 31.4 Å². The molecular weight excluding hydrogens is 236 g/mol. The van der Waals surface area contributed by atoms with Crippen molar-refractivity contribution >= 4 is 5.69 Å². The van der Waals surface area contributed by atoms with Gasteiger partial charge in [0.05, 0.1) is 5.69 Å². The molecule has 1 aromatic heterocycles. The van der Waals surface area contributed by atoms with Crippen LogP contribution in [0.15, 0.2) is 18.3 Å². The molecule has 0 saturated heterocycles. The number of rotatable bonds is 9. The van der Waals surface area contributed by atoms with E-state index in [2.05, 4.69) is 54.2 Å². The van der Waals surface area contributed by atoms with Crippen LogP contribution in [0.2, 0.25) is 0 Å². The lowest BCUT2D eigenvalue weighted by atomic mass is 10.3. The third-order valence-electron chi connectivity index (χ3n) is 2.97. The van der Waals surface area contributed by atoms with Crippen molar-refractivity contribution in [2.45, 2.75) is 26.3 Å². The Hall–Kier alpha value is -1.13. The molecule has 0 atom stereocenters. The molecule has 0 aliphatic heterocycles. The van der Waals surface area contributed by atoms with Crippen LogP contribution in [0.25, 0.3) is 0 Å². The Balaban J connectivity index is 2.38. The molecule has 19 heavy (non-hydrogen) atoms. The van der Waals surface area contributed by atoms with Crippen LogP contribution in [0.3, 0.4) is 0 Å². The first kappa shape index (κ1) is 15.9. The first-order valence-corrected chi connectivity index (χ1v) is 7.14. The average Bonchev–Trinajstić information content (AvgIpc) is 2.36. The fourth-order valence-corrected chi connectivity index (χ4v) is 1.96. The summed E-state index contributed by atoms with van der Waals surface area (Å²) >= 11 is 0. The highest BCUT2D eigenvalue weighted by molar-refractivity contribution is 5.43. The summed E-state index contributed by atoms with van der Waals surface area (Å²) in [7, 11) is 6.39. The molecule has 0 aliphatic rings. The molecule has 0 aromatic carbocycles. The van der Waals surface area contributed by atoms with Crippen molar-refractivity contribution in [3.8, 4) is 0 Å². The molecule has 0 bridgehead atoms. The summed E-state index contributed by atoms with van der Waals surface area (Å²) in [4.78, 5) is 8.99. The standard InChI is InChI=1S/C15H28N4/c1-5-8-16-14-7-9-17-15(12-14)13-19(4)11-6-10-18(2)3/h7,9,12H,5-6,8,10-11,13H2,1-4H3,(H,16,17). The summed E-state index contributed by atoms with van der Waals surface area (Å²) < 4.78 is 0. The Morgan fingerprint density at radius 1 is 1.21 bits per heavy atom. The van der Waals surface area contributed by atoms with Gasteiger partial charge < -0.3 is 15.1 Å². The Morgan fingerprint density at radius 2 is 2.00 bits per heavy atom. The Morgan fingerprint density at radius 3 is 2.68 bits per heavy atom. The van der Waals surface area contributed by atoms with Gasteiger partial charge in [0.2, 0.25) is 0 Å². The highest BCUT2D eigenvalue weighted by atomic mass is 15.1. The van der Waals surface area contributed by atoms with Crippen molar-refractivity contribution in [1.82, 2.24) is 14.8 Å². The van der Waals surface area contributed by atoms with Crippen LogP contribution in [0.1, 0.15) is 25.5 Å². The summed E-state index contributed by atoms with van der Waals surface area (Å²) in [6, 6.07) is 4.18. The third kappa shape index (κ3) is 7.13. The Labute approximate surface area is 117 Å². The molecule has 1 aromatic rings. The highest BCUT2D eigenvalue weighted by Gasteiger charge is 2.03. The number of hydrogen-bond acceptors (Lipinski definition) is 4. The van der Waals surface area contributed by atoms with Gasteiger partial charge >= 0.3 is 0 Å². The number of nitrogens with zero attached hydrogens (tertiary/aromatic N) is 3. The third-order valence-corrected chi connectivity index (χ3v) is 2.97. The molecule has 0 fully saturated rings. The van der Waals surface area contributed by atoms with Gasteiger partial charge in [0.25, 0.3) is 0 Å². The molecule has 1 N–H and O–H groups in total. The first-order chi connectivity index (χ1) is 9.11. The van der Waals surface area contributed by atoms with Crippen LogP contribution in [0, 0.1) is 0 Å². The van der Waals surface area contributed by atoms with Gasteiger partial charge in [-0.3, -0.25) is 4.98 Å². The zero-order chi connectivity index (χ0) is 14.1. The van der Waals surface area contributed by atoms with E-state index in [-0.39, 0.29) is 0 Å². The summed E-state index contributed by atoms with van der Waals surface area (Å²) in [6.07, 6.45) is 4.22. The van der Waals surface area contributed by atoms with Gasteiger partial charge in [-0.2, -0.15) is 0 Å². The molecule has 0 amide bonds. The normalized spacial score (nSPS) is 11.3. The van der Waals surface area contributed by atoms with Crippen molar-refractivity contribution in [3.05, 3.63) is 24.0 Å².